The van der Waals surface area contributed by atoms with Crippen molar-refractivity contribution in [3.05, 3.63) is 59.4 Å². The molecule has 0 radical (unpaired) electrons. The van der Waals surface area contributed by atoms with Crippen LogP contribution in [0.1, 0.15) is 11.1 Å². The Morgan fingerprint density at radius 3 is 2.48 bits per heavy atom. The molecule has 0 amide bonds. The first-order chi connectivity index (χ1) is 9.85. The topological polar surface area (TPSA) is 58.2 Å². The number of nitrogens with one attached hydrogen (secondary N) is 2. The second kappa shape index (κ2) is 6.13. The lowest BCUT2D eigenvalue weighted by molar-refractivity contribution is 0.606. The summed E-state index contributed by atoms with van der Waals surface area (Å²) in [5.41, 5.74) is 2.70. The van der Waals surface area contributed by atoms with Gasteiger partial charge in [-0.2, -0.15) is 0 Å². The van der Waals surface area contributed by atoms with Crippen LogP contribution in [-0.4, -0.2) is 14.7 Å². The molecule has 0 saturated heterocycles. The van der Waals surface area contributed by atoms with Crippen LogP contribution < -0.4 is 10.0 Å². The van der Waals surface area contributed by atoms with E-state index in [2.05, 4.69) is 10.0 Å². The third-order valence-electron chi connectivity index (χ3n) is 2.96. The summed E-state index contributed by atoms with van der Waals surface area (Å²) in [5, 5.41) is 3.12. The molecule has 21 heavy (non-hydrogen) atoms. The van der Waals surface area contributed by atoms with E-state index in [1.54, 1.807) is 30.3 Å². The van der Waals surface area contributed by atoms with Gasteiger partial charge in [0.15, 0.2) is 0 Å². The summed E-state index contributed by atoms with van der Waals surface area (Å²) < 4.78 is 38.4. The van der Waals surface area contributed by atoms with Gasteiger partial charge in [0.1, 0.15) is 5.82 Å². The van der Waals surface area contributed by atoms with E-state index < -0.39 is 10.0 Å². The third kappa shape index (κ3) is 4.46. The molecule has 2 N–H and O–H groups in total. The molecule has 0 atom stereocenters. The van der Waals surface area contributed by atoms with Gasteiger partial charge in [0, 0.05) is 17.8 Å². The molecular weight excluding hydrogens is 291 g/mol. The van der Waals surface area contributed by atoms with E-state index in [4.69, 9.17) is 0 Å². The zero-order chi connectivity index (χ0) is 15.5. The molecule has 6 heteroatoms. The normalized spacial score (nSPS) is 11.2. The maximum absolute atomic E-state index is 13.5. The predicted octanol–water partition coefficient (Wildman–Crippen LogP) is 3.12. The molecule has 0 fully saturated rings. The molecule has 0 aliphatic carbocycles. The molecule has 2 aromatic rings. The number of halogens is 1. The van der Waals surface area contributed by atoms with Crippen molar-refractivity contribution >= 4 is 21.4 Å². The van der Waals surface area contributed by atoms with E-state index in [1.165, 1.54) is 6.07 Å². The first-order valence-electron chi connectivity index (χ1n) is 6.41. The minimum atomic E-state index is -3.29. The van der Waals surface area contributed by atoms with E-state index in [9.17, 15) is 12.8 Å². The van der Waals surface area contributed by atoms with Crippen molar-refractivity contribution in [3.63, 3.8) is 0 Å². The van der Waals surface area contributed by atoms with Crippen molar-refractivity contribution in [2.45, 2.75) is 13.5 Å². The third-order valence-corrected chi connectivity index (χ3v) is 3.55. The number of aryl methyl sites for hydroxylation is 1. The Kier molecular flexibility index (Phi) is 4.47. The minimum Gasteiger partial charge on any atom is -0.381 e. The highest BCUT2D eigenvalue weighted by molar-refractivity contribution is 7.92. The average molecular weight is 308 g/mol. The smallest absolute Gasteiger partial charge is 0.229 e. The quantitative estimate of drug-likeness (QED) is 0.892. The number of hydrogen-bond donors (Lipinski definition) is 2. The monoisotopic (exact) mass is 308 g/mol. The van der Waals surface area contributed by atoms with Gasteiger partial charge in [0.25, 0.3) is 0 Å². The summed E-state index contributed by atoms with van der Waals surface area (Å²) in [6.07, 6.45) is 1.11. The van der Waals surface area contributed by atoms with Crippen LogP contribution in [0.4, 0.5) is 15.8 Å². The van der Waals surface area contributed by atoms with E-state index >= 15 is 0 Å². The van der Waals surface area contributed by atoms with Gasteiger partial charge in [0.05, 0.1) is 11.9 Å². The van der Waals surface area contributed by atoms with Gasteiger partial charge in [-0.1, -0.05) is 18.2 Å². The molecule has 4 nitrogen and oxygen atoms in total. The Morgan fingerprint density at radius 1 is 1.14 bits per heavy atom. The molecule has 0 aliphatic heterocycles. The molecular formula is C15H17FN2O2S. The largest absolute Gasteiger partial charge is 0.381 e. The van der Waals surface area contributed by atoms with Crippen molar-refractivity contribution < 1.29 is 12.8 Å². The standard InChI is InChI=1S/C15H17FN2O2S/c1-11-9-13(7-8-15(11)18-21(2,19)20)17-10-12-5-3-4-6-14(12)16/h3-9,17-18H,10H2,1-2H3. The molecule has 2 rings (SSSR count). The number of rotatable bonds is 5. The van der Waals surface area contributed by atoms with Crippen LogP contribution >= 0.6 is 0 Å². The van der Waals surface area contributed by atoms with Crippen molar-refractivity contribution in [2.75, 3.05) is 16.3 Å². The zero-order valence-corrected chi connectivity index (χ0v) is 12.7. The van der Waals surface area contributed by atoms with Gasteiger partial charge in [-0.3, -0.25) is 4.72 Å². The minimum absolute atomic E-state index is 0.253. The van der Waals surface area contributed by atoms with Crippen molar-refractivity contribution in [1.29, 1.82) is 0 Å². The lowest BCUT2D eigenvalue weighted by atomic mass is 10.1. The van der Waals surface area contributed by atoms with E-state index in [0.717, 1.165) is 17.5 Å². The van der Waals surface area contributed by atoms with Crippen LogP contribution in [0.2, 0.25) is 0 Å². The van der Waals surface area contributed by atoms with Crippen molar-refractivity contribution in [1.82, 2.24) is 0 Å². The molecule has 2 aromatic carbocycles. The summed E-state index contributed by atoms with van der Waals surface area (Å²) in [4.78, 5) is 0. The fourth-order valence-corrected chi connectivity index (χ4v) is 2.56. The SMILES string of the molecule is Cc1cc(NCc2ccccc2F)ccc1NS(C)(=O)=O. The fraction of sp³-hybridized carbons (Fsp3) is 0.200. The molecule has 0 spiro atoms. The maximum Gasteiger partial charge on any atom is 0.229 e. The van der Waals surface area contributed by atoms with Crippen LogP contribution in [0.3, 0.4) is 0 Å². The van der Waals surface area contributed by atoms with Crippen LogP contribution in [0, 0.1) is 12.7 Å². The molecule has 0 aliphatic rings. The second-order valence-corrected chi connectivity index (χ2v) is 6.60. The van der Waals surface area contributed by atoms with Crippen LogP contribution in [0.15, 0.2) is 42.5 Å². The maximum atomic E-state index is 13.5. The van der Waals surface area contributed by atoms with E-state index in [-0.39, 0.29) is 5.82 Å². The van der Waals surface area contributed by atoms with Crippen molar-refractivity contribution in [2.24, 2.45) is 0 Å². The number of hydrogen-bond acceptors (Lipinski definition) is 3. The summed E-state index contributed by atoms with van der Waals surface area (Å²) in [6.45, 7) is 2.17. The lowest BCUT2D eigenvalue weighted by Gasteiger charge is -2.11. The number of sulfonamides is 1. The fourth-order valence-electron chi connectivity index (χ4n) is 1.93. The van der Waals surface area contributed by atoms with Gasteiger partial charge < -0.3 is 5.32 Å². The Balaban J connectivity index is 2.09. The van der Waals surface area contributed by atoms with Gasteiger partial charge in [-0.15, -0.1) is 0 Å². The van der Waals surface area contributed by atoms with Crippen LogP contribution in [-0.2, 0) is 16.6 Å². The summed E-state index contributed by atoms with van der Waals surface area (Å²) in [5.74, 6) is -0.253. The zero-order valence-electron chi connectivity index (χ0n) is 11.9. The number of benzene rings is 2. The molecule has 112 valence electrons. The van der Waals surface area contributed by atoms with Gasteiger partial charge in [-0.25, -0.2) is 12.8 Å². The second-order valence-electron chi connectivity index (χ2n) is 4.85. The highest BCUT2D eigenvalue weighted by atomic mass is 32.2. The Hall–Kier alpha value is -2.08. The Labute approximate surface area is 124 Å². The van der Waals surface area contributed by atoms with Gasteiger partial charge in [-0.05, 0) is 36.8 Å². The summed E-state index contributed by atoms with van der Waals surface area (Å²) in [6, 6.07) is 11.8. The Morgan fingerprint density at radius 2 is 1.86 bits per heavy atom. The summed E-state index contributed by atoms with van der Waals surface area (Å²) in [7, 11) is -3.29. The van der Waals surface area contributed by atoms with E-state index in [1.807, 2.05) is 13.0 Å². The first-order valence-corrected chi connectivity index (χ1v) is 8.30. The molecule has 0 aromatic heterocycles. The Bertz CT molecular complexity index is 745. The lowest BCUT2D eigenvalue weighted by Crippen LogP contribution is -2.10. The van der Waals surface area contributed by atoms with Gasteiger partial charge in [0.2, 0.25) is 10.0 Å². The summed E-state index contributed by atoms with van der Waals surface area (Å²) >= 11 is 0. The molecule has 0 saturated carbocycles. The molecule has 0 heterocycles. The van der Waals surface area contributed by atoms with Crippen LogP contribution in [0.25, 0.3) is 0 Å². The average Bonchev–Trinajstić information content (AvgIpc) is 2.39. The molecule has 0 bridgehead atoms. The van der Waals surface area contributed by atoms with Gasteiger partial charge >= 0.3 is 0 Å². The molecule has 0 unspecified atom stereocenters. The highest BCUT2D eigenvalue weighted by Crippen LogP contribution is 2.21. The number of anilines is 2. The van der Waals surface area contributed by atoms with Crippen LogP contribution in [0.5, 0.6) is 0 Å². The first kappa shape index (κ1) is 15.3. The van der Waals surface area contributed by atoms with E-state index in [0.29, 0.717) is 17.8 Å². The highest BCUT2D eigenvalue weighted by Gasteiger charge is 2.06. The predicted molar refractivity (Wildman–Crippen MR) is 83.4 cm³/mol. The van der Waals surface area contributed by atoms with Crippen molar-refractivity contribution in [3.8, 4) is 0 Å².